The number of hydrogen-bond acceptors (Lipinski definition) is 3. The Bertz CT molecular complexity index is 403. The highest BCUT2D eigenvalue weighted by Gasteiger charge is 2.05. The van der Waals surface area contributed by atoms with E-state index in [0.29, 0.717) is 4.88 Å². The van der Waals surface area contributed by atoms with Crippen LogP contribution in [0.15, 0.2) is 22.0 Å². The van der Waals surface area contributed by atoms with Gasteiger partial charge in [0.15, 0.2) is 0 Å². The molecule has 0 radical (unpaired) electrons. The lowest BCUT2D eigenvalue weighted by Crippen LogP contribution is -1.89. The fraction of sp³-hybridized carbons (Fsp3) is 0. The molecule has 0 aliphatic rings. The van der Waals surface area contributed by atoms with E-state index in [0.717, 1.165) is 10.5 Å². The summed E-state index contributed by atoms with van der Waals surface area (Å²) in [6, 6.07) is 3.54. The Morgan fingerprint density at radius 1 is 1.77 bits per heavy atom. The number of carboxylic acids is 1. The minimum absolute atomic E-state index is 0.170. The van der Waals surface area contributed by atoms with Crippen LogP contribution in [0.25, 0.3) is 5.57 Å². The van der Waals surface area contributed by atoms with E-state index in [9.17, 15) is 4.79 Å². The van der Waals surface area contributed by atoms with Crippen molar-refractivity contribution in [1.29, 1.82) is 5.26 Å². The molecule has 0 bridgehead atoms. The van der Waals surface area contributed by atoms with Crippen molar-refractivity contribution in [3.63, 3.8) is 0 Å². The molecule has 0 aliphatic carbocycles. The lowest BCUT2D eigenvalue weighted by molar-refractivity contribution is -0.131. The maximum atomic E-state index is 10.3. The number of allylic oxidation sites excluding steroid dienone is 1. The van der Waals surface area contributed by atoms with Crippen LogP contribution in [0.1, 0.15) is 4.88 Å². The fourth-order valence-corrected chi connectivity index (χ4v) is 2.13. The maximum absolute atomic E-state index is 10.3. The Balaban J connectivity index is 3.06. The van der Waals surface area contributed by atoms with Gasteiger partial charge in [0.2, 0.25) is 0 Å². The fourth-order valence-electron chi connectivity index (χ4n) is 0.736. The van der Waals surface area contributed by atoms with Crippen molar-refractivity contribution in [1.82, 2.24) is 0 Å². The smallest absolute Gasteiger partial charge is 0.329 e. The predicted octanol–water partition coefficient (Wildman–Crippen LogP) is 2.50. The van der Waals surface area contributed by atoms with Crippen molar-refractivity contribution in [3.05, 3.63) is 26.9 Å². The first-order valence-electron chi connectivity index (χ1n) is 3.22. The monoisotopic (exact) mass is 257 g/mol. The number of nitrogens with zero attached hydrogens (tertiary/aromatic N) is 1. The zero-order chi connectivity index (χ0) is 9.84. The van der Waals surface area contributed by atoms with Crippen molar-refractivity contribution in [2.24, 2.45) is 0 Å². The van der Waals surface area contributed by atoms with Gasteiger partial charge in [-0.2, -0.15) is 5.26 Å². The molecule has 1 aromatic heterocycles. The van der Waals surface area contributed by atoms with Crippen molar-refractivity contribution in [3.8, 4) is 6.07 Å². The lowest BCUT2D eigenvalue weighted by atomic mass is 10.2. The number of carbonyl (C=O) groups is 1. The lowest BCUT2D eigenvalue weighted by Gasteiger charge is -1.89. The average Bonchev–Trinajstić information content (AvgIpc) is 2.47. The molecule has 0 saturated carbocycles. The first kappa shape index (κ1) is 9.96. The molecule has 0 amide bonds. The highest BCUT2D eigenvalue weighted by atomic mass is 79.9. The third-order valence-corrected chi connectivity index (χ3v) is 2.95. The second-order valence-electron chi connectivity index (χ2n) is 2.14. The SMILES string of the molecule is N#C/C(=C\C(=O)O)c1cc(Br)cs1. The molecule has 1 heterocycles. The van der Waals surface area contributed by atoms with Gasteiger partial charge in [-0.25, -0.2) is 4.79 Å². The van der Waals surface area contributed by atoms with E-state index in [4.69, 9.17) is 10.4 Å². The van der Waals surface area contributed by atoms with Gasteiger partial charge in [0.05, 0.1) is 5.57 Å². The Morgan fingerprint density at radius 3 is 2.85 bits per heavy atom. The van der Waals surface area contributed by atoms with Crippen molar-refractivity contribution < 1.29 is 9.90 Å². The molecule has 0 saturated heterocycles. The summed E-state index contributed by atoms with van der Waals surface area (Å²) in [6.07, 6.45) is 0.901. The molecule has 13 heavy (non-hydrogen) atoms. The first-order valence-corrected chi connectivity index (χ1v) is 4.90. The van der Waals surface area contributed by atoms with E-state index in [1.54, 1.807) is 11.4 Å². The van der Waals surface area contributed by atoms with Gasteiger partial charge in [0.25, 0.3) is 0 Å². The molecule has 0 unspecified atom stereocenters. The molecule has 0 spiro atoms. The summed E-state index contributed by atoms with van der Waals surface area (Å²) in [6.45, 7) is 0. The van der Waals surface area contributed by atoms with Gasteiger partial charge in [-0.15, -0.1) is 11.3 Å². The second kappa shape index (κ2) is 4.21. The van der Waals surface area contributed by atoms with Gasteiger partial charge in [-0.05, 0) is 22.0 Å². The molecule has 3 nitrogen and oxygen atoms in total. The Kier molecular flexibility index (Phi) is 3.23. The van der Waals surface area contributed by atoms with Gasteiger partial charge < -0.3 is 5.11 Å². The molecule has 66 valence electrons. The molecular formula is C8H4BrNO2S. The molecule has 1 aromatic rings. The molecule has 1 rings (SSSR count). The molecular weight excluding hydrogens is 254 g/mol. The molecule has 0 atom stereocenters. The summed E-state index contributed by atoms with van der Waals surface area (Å²) in [5, 5.41) is 18.9. The largest absolute Gasteiger partial charge is 0.478 e. The normalized spacial score (nSPS) is 10.9. The first-order chi connectivity index (χ1) is 6.13. The topological polar surface area (TPSA) is 61.1 Å². The summed E-state index contributed by atoms with van der Waals surface area (Å²) in [4.78, 5) is 11.0. The summed E-state index contributed by atoms with van der Waals surface area (Å²) < 4.78 is 0.846. The number of rotatable bonds is 2. The van der Waals surface area contributed by atoms with E-state index in [1.165, 1.54) is 11.3 Å². The van der Waals surface area contributed by atoms with Gasteiger partial charge in [-0.3, -0.25) is 0 Å². The number of halogens is 1. The standard InChI is InChI=1S/C8H4BrNO2S/c9-6-2-7(13-4-6)5(3-10)1-8(11)12/h1-2,4H,(H,11,12)/b5-1+. The molecule has 0 fully saturated rings. The predicted molar refractivity (Wildman–Crippen MR) is 53.2 cm³/mol. The van der Waals surface area contributed by atoms with Crippen LogP contribution in [0.4, 0.5) is 0 Å². The highest BCUT2D eigenvalue weighted by molar-refractivity contribution is 9.10. The third-order valence-electron chi connectivity index (χ3n) is 1.22. The number of carboxylic acid groups (broad SMARTS) is 1. The number of thiophene rings is 1. The van der Waals surface area contributed by atoms with Gasteiger partial charge in [0.1, 0.15) is 6.07 Å². The van der Waals surface area contributed by atoms with Gasteiger partial charge in [0, 0.05) is 20.8 Å². The van der Waals surface area contributed by atoms with Crippen LogP contribution in [0.5, 0.6) is 0 Å². The summed E-state index contributed by atoms with van der Waals surface area (Å²) in [7, 11) is 0. The maximum Gasteiger partial charge on any atom is 0.329 e. The van der Waals surface area contributed by atoms with Crippen molar-refractivity contribution in [2.75, 3.05) is 0 Å². The summed E-state index contributed by atoms with van der Waals surface area (Å²) in [5.74, 6) is -1.11. The third kappa shape index (κ3) is 2.68. The molecule has 0 aromatic carbocycles. The van der Waals surface area contributed by atoms with Crippen LogP contribution in [-0.4, -0.2) is 11.1 Å². The van der Waals surface area contributed by atoms with E-state index < -0.39 is 5.97 Å². The van der Waals surface area contributed by atoms with Crippen molar-refractivity contribution in [2.45, 2.75) is 0 Å². The van der Waals surface area contributed by atoms with E-state index in [2.05, 4.69) is 15.9 Å². The Morgan fingerprint density at radius 2 is 2.46 bits per heavy atom. The highest BCUT2D eigenvalue weighted by Crippen LogP contribution is 2.25. The van der Waals surface area contributed by atoms with Crippen molar-refractivity contribution >= 4 is 38.8 Å². The zero-order valence-corrected chi connectivity index (χ0v) is 8.72. The summed E-state index contributed by atoms with van der Waals surface area (Å²) >= 11 is 4.55. The van der Waals surface area contributed by atoms with E-state index >= 15 is 0 Å². The van der Waals surface area contributed by atoms with Crippen LogP contribution in [0.2, 0.25) is 0 Å². The van der Waals surface area contributed by atoms with E-state index in [-0.39, 0.29) is 5.57 Å². The molecule has 0 aliphatic heterocycles. The quantitative estimate of drug-likeness (QED) is 0.654. The number of aliphatic carboxylic acids is 1. The Hall–Kier alpha value is -1.12. The minimum atomic E-state index is -1.11. The summed E-state index contributed by atoms with van der Waals surface area (Å²) in [5.41, 5.74) is 0.170. The van der Waals surface area contributed by atoms with Crippen LogP contribution < -0.4 is 0 Å². The number of hydrogen-bond donors (Lipinski definition) is 1. The minimum Gasteiger partial charge on any atom is -0.478 e. The van der Waals surface area contributed by atoms with Crippen LogP contribution in [0.3, 0.4) is 0 Å². The van der Waals surface area contributed by atoms with Crippen LogP contribution in [-0.2, 0) is 4.79 Å². The van der Waals surface area contributed by atoms with Crippen LogP contribution in [0, 0.1) is 11.3 Å². The molecule has 5 heteroatoms. The number of nitriles is 1. The van der Waals surface area contributed by atoms with Gasteiger partial charge >= 0.3 is 5.97 Å². The Labute approximate surface area is 87.1 Å². The zero-order valence-electron chi connectivity index (χ0n) is 6.32. The second-order valence-corrected chi connectivity index (χ2v) is 3.96. The molecule has 1 N–H and O–H groups in total. The van der Waals surface area contributed by atoms with Crippen LogP contribution >= 0.6 is 27.3 Å². The average molecular weight is 258 g/mol. The van der Waals surface area contributed by atoms with Gasteiger partial charge in [-0.1, -0.05) is 0 Å². The van der Waals surface area contributed by atoms with E-state index in [1.807, 2.05) is 6.07 Å².